The highest BCUT2D eigenvalue weighted by Crippen LogP contribution is 2.61. The van der Waals surface area contributed by atoms with Crippen LogP contribution in [0.15, 0.2) is 48.5 Å². The van der Waals surface area contributed by atoms with Crippen molar-refractivity contribution in [1.82, 2.24) is 4.90 Å². The first kappa shape index (κ1) is 21.9. The van der Waals surface area contributed by atoms with E-state index in [1.54, 1.807) is 0 Å². The fraction of sp³-hybridized carbons (Fsp3) is 0.464. The van der Waals surface area contributed by atoms with Crippen molar-refractivity contribution in [3.8, 4) is 0 Å². The second-order valence-electron chi connectivity index (χ2n) is 9.99. The number of unbranched alkanes of at least 4 members (excludes halogenated alkanes) is 1. The summed E-state index contributed by atoms with van der Waals surface area (Å²) in [5, 5.41) is 0. The number of ether oxygens (including phenoxy) is 1. The summed E-state index contributed by atoms with van der Waals surface area (Å²) in [5.41, 5.74) is 4.55. The Balaban J connectivity index is 1.56. The number of esters is 1. The fourth-order valence-corrected chi connectivity index (χ4v) is 6.10. The third kappa shape index (κ3) is 3.32. The van der Waals surface area contributed by atoms with Gasteiger partial charge in [-0.25, -0.2) is 4.79 Å². The largest absolute Gasteiger partial charge is 0.464 e. The molecule has 2 aromatic carbocycles. The second-order valence-corrected chi connectivity index (χ2v) is 9.99. The van der Waals surface area contributed by atoms with Gasteiger partial charge in [0.25, 0.3) is 0 Å². The molecule has 0 radical (unpaired) electrons. The van der Waals surface area contributed by atoms with E-state index in [1.165, 1.54) is 4.90 Å². The molecule has 3 aliphatic carbocycles. The lowest BCUT2D eigenvalue weighted by Crippen LogP contribution is -2.46. The zero-order valence-corrected chi connectivity index (χ0v) is 19.5. The van der Waals surface area contributed by atoms with Crippen LogP contribution in [0.3, 0.4) is 0 Å². The Kier molecular flexibility index (Phi) is 5.59. The molecule has 5 heteroatoms. The van der Waals surface area contributed by atoms with Crippen molar-refractivity contribution < 1.29 is 19.1 Å². The van der Waals surface area contributed by atoms with Gasteiger partial charge in [0.15, 0.2) is 0 Å². The predicted octanol–water partition coefficient (Wildman–Crippen LogP) is 4.64. The second kappa shape index (κ2) is 8.44. The number of amides is 2. The number of rotatable bonds is 7. The van der Waals surface area contributed by atoms with Crippen LogP contribution in [0.2, 0.25) is 0 Å². The average Bonchev–Trinajstić information content (AvgIpc) is 3.09. The number of likely N-dealkylation sites (tertiary alicyclic amines) is 1. The predicted molar refractivity (Wildman–Crippen MR) is 125 cm³/mol. The van der Waals surface area contributed by atoms with Gasteiger partial charge >= 0.3 is 5.97 Å². The molecule has 5 nitrogen and oxygen atoms in total. The van der Waals surface area contributed by atoms with Gasteiger partial charge in [-0.2, -0.15) is 0 Å². The molecule has 1 fully saturated rings. The van der Waals surface area contributed by atoms with Gasteiger partial charge in [-0.3, -0.25) is 14.5 Å². The van der Waals surface area contributed by atoms with Crippen LogP contribution in [0.1, 0.15) is 74.1 Å². The number of hydrogen-bond acceptors (Lipinski definition) is 4. The van der Waals surface area contributed by atoms with E-state index < -0.39 is 23.8 Å². The van der Waals surface area contributed by atoms with Gasteiger partial charge in [0, 0.05) is 11.8 Å². The van der Waals surface area contributed by atoms with Crippen molar-refractivity contribution in [2.45, 2.75) is 57.9 Å². The minimum Gasteiger partial charge on any atom is -0.464 e. The van der Waals surface area contributed by atoms with Crippen molar-refractivity contribution in [3.63, 3.8) is 0 Å². The normalized spacial score (nSPS) is 25.6. The maximum atomic E-state index is 13.9. The van der Waals surface area contributed by atoms with Crippen molar-refractivity contribution >= 4 is 17.8 Å². The van der Waals surface area contributed by atoms with Crippen LogP contribution in [0.5, 0.6) is 0 Å². The third-order valence-electron chi connectivity index (χ3n) is 7.46. The highest BCUT2D eigenvalue weighted by molar-refractivity contribution is 6.10. The molecular formula is C28H31NO4. The summed E-state index contributed by atoms with van der Waals surface area (Å²) in [7, 11) is 0. The van der Waals surface area contributed by atoms with E-state index in [1.807, 2.05) is 45.0 Å². The number of carbonyl (C=O) groups excluding carboxylic acids is 3. The number of carbonyl (C=O) groups is 3. The summed E-state index contributed by atoms with van der Waals surface area (Å²) < 4.78 is 5.53. The molecule has 2 amide bonds. The molecule has 1 heterocycles. The van der Waals surface area contributed by atoms with E-state index in [2.05, 4.69) is 24.3 Å². The molecule has 2 bridgehead atoms. The minimum atomic E-state index is -0.847. The summed E-state index contributed by atoms with van der Waals surface area (Å²) in [6.45, 7) is 6.27. The maximum absolute atomic E-state index is 13.9. The quantitative estimate of drug-likeness (QED) is 0.460. The van der Waals surface area contributed by atoms with Crippen molar-refractivity contribution in [2.24, 2.45) is 17.8 Å². The van der Waals surface area contributed by atoms with E-state index in [0.717, 1.165) is 35.1 Å². The van der Waals surface area contributed by atoms with Gasteiger partial charge in [0.2, 0.25) is 11.8 Å². The summed E-state index contributed by atoms with van der Waals surface area (Å²) in [5.74, 6) is -1.95. The first-order valence-corrected chi connectivity index (χ1v) is 12.2. The first-order chi connectivity index (χ1) is 16.0. The van der Waals surface area contributed by atoms with Crippen LogP contribution in [-0.4, -0.2) is 35.3 Å². The maximum Gasteiger partial charge on any atom is 0.329 e. The lowest BCUT2D eigenvalue weighted by molar-refractivity contribution is -0.160. The number of nitrogens with zero attached hydrogens (tertiary/aromatic N) is 1. The van der Waals surface area contributed by atoms with E-state index in [4.69, 9.17) is 4.74 Å². The molecule has 0 N–H and O–H groups in total. The molecule has 1 saturated heterocycles. The molecule has 3 atom stereocenters. The lowest BCUT2D eigenvalue weighted by Gasteiger charge is -2.45. The van der Waals surface area contributed by atoms with Gasteiger partial charge in [-0.15, -0.1) is 0 Å². The highest BCUT2D eigenvalue weighted by atomic mass is 16.5. The summed E-state index contributed by atoms with van der Waals surface area (Å²) in [4.78, 5) is 42.2. The van der Waals surface area contributed by atoms with Crippen molar-refractivity contribution in [1.29, 1.82) is 0 Å². The van der Waals surface area contributed by atoms with Gasteiger partial charge in [-0.05, 0) is 34.6 Å². The smallest absolute Gasteiger partial charge is 0.329 e. The highest BCUT2D eigenvalue weighted by Gasteiger charge is 2.63. The monoisotopic (exact) mass is 445 g/mol. The van der Waals surface area contributed by atoms with Crippen LogP contribution in [0.4, 0.5) is 0 Å². The molecule has 4 aliphatic rings. The standard InChI is InChI=1S/C28H31NO4/c1-4-5-14-21(28(32)33-15-16(2)3)29-26(30)24-22-17-10-6-7-11-18(17)23(25(24)27(29)31)20-13-9-8-12-19(20)22/h6-13,16,21-25H,4-5,14-15H2,1-3H3/t21-,22?,23?,24+,25+/m1/s1. The van der Waals surface area contributed by atoms with Gasteiger partial charge in [0.1, 0.15) is 6.04 Å². The Morgan fingerprint density at radius 3 is 1.73 bits per heavy atom. The molecule has 172 valence electrons. The Labute approximate surface area is 195 Å². The van der Waals surface area contributed by atoms with Gasteiger partial charge < -0.3 is 4.74 Å². The molecule has 0 saturated carbocycles. The van der Waals surface area contributed by atoms with E-state index in [0.29, 0.717) is 6.42 Å². The number of imide groups is 1. The Bertz CT molecular complexity index is 991. The molecule has 0 aromatic heterocycles. The van der Waals surface area contributed by atoms with Crippen LogP contribution in [-0.2, 0) is 19.1 Å². The van der Waals surface area contributed by atoms with Crippen LogP contribution in [0, 0.1) is 17.8 Å². The average molecular weight is 446 g/mol. The summed E-state index contributed by atoms with van der Waals surface area (Å²) >= 11 is 0. The Morgan fingerprint density at radius 1 is 0.879 bits per heavy atom. The van der Waals surface area contributed by atoms with Crippen molar-refractivity contribution in [2.75, 3.05) is 6.61 Å². The Hall–Kier alpha value is -2.95. The SMILES string of the molecule is CCCC[C@H](C(=O)OCC(C)C)N1C(=O)[C@H]2C3c4ccccc4C(c4ccccc43)[C@@H]2C1=O. The Morgan fingerprint density at radius 2 is 1.33 bits per heavy atom. The zero-order chi connectivity index (χ0) is 23.3. The van der Waals surface area contributed by atoms with Crippen LogP contribution >= 0.6 is 0 Å². The van der Waals surface area contributed by atoms with Crippen LogP contribution < -0.4 is 0 Å². The molecule has 2 aromatic rings. The number of benzene rings is 2. The van der Waals surface area contributed by atoms with E-state index >= 15 is 0 Å². The third-order valence-corrected chi connectivity index (χ3v) is 7.46. The molecule has 1 aliphatic heterocycles. The topological polar surface area (TPSA) is 63.7 Å². The number of hydrogen-bond donors (Lipinski definition) is 0. The molecule has 0 unspecified atom stereocenters. The summed E-state index contributed by atoms with van der Waals surface area (Å²) in [6.07, 6.45) is 2.07. The zero-order valence-electron chi connectivity index (χ0n) is 19.5. The fourth-order valence-electron chi connectivity index (χ4n) is 6.10. The molecular weight excluding hydrogens is 414 g/mol. The summed E-state index contributed by atoms with van der Waals surface area (Å²) in [6, 6.07) is 15.5. The minimum absolute atomic E-state index is 0.160. The van der Waals surface area contributed by atoms with E-state index in [-0.39, 0.29) is 36.2 Å². The molecule has 33 heavy (non-hydrogen) atoms. The van der Waals surface area contributed by atoms with Crippen LogP contribution in [0.25, 0.3) is 0 Å². The molecule has 0 spiro atoms. The first-order valence-electron chi connectivity index (χ1n) is 12.2. The van der Waals surface area contributed by atoms with Gasteiger partial charge in [0.05, 0.1) is 18.4 Å². The van der Waals surface area contributed by atoms with Crippen molar-refractivity contribution in [3.05, 3.63) is 70.8 Å². The van der Waals surface area contributed by atoms with Gasteiger partial charge in [-0.1, -0.05) is 82.1 Å². The lowest BCUT2D eigenvalue weighted by atomic mass is 9.55. The van der Waals surface area contributed by atoms with E-state index in [9.17, 15) is 14.4 Å². The molecule has 6 rings (SSSR count).